The van der Waals surface area contributed by atoms with Gasteiger partial charge in [-0.15, -0.1) is 24.0 Å². The second kappa shape index (κ2) is 15.3. The fraction of sp³-hybridized carbons (Fsp3) is 0.632. The SMILES string of the molecule is CCNC(=NCCCc1ccc(O)cc1)NCCCOCC(C)C.I. The molecule has 0 aliphatic rings. The summed E-state index contributed by atoms with van der Waals surface area (Å²) in [7, 11) is 0. The molecule has 0 radical (unpaired) electrons. The van der Waals surface area contributed by atoms with Gasteiger partial charge in [0, 0.05) is 32.8 Å². The normalized spacial score (nSPS) is 11.3. The molecule has 0 saturated carbocycles. The highest BCUT2D eigenvalue weighted by Crippen LogP contribution is 2.10. The quantitative estimate of drug-likeness (QED) is 0.203. The van der Waals surface area contributed by atoms with Crippen LogP contribution >= 0.6 is 24.0 Å². The highest BCUT2D eigenvalue weighted by molar-refractivity contribution is 14.0. The molecule has 0 unspecified atom stereocenters. The lowest BCUT2D eigenvalue weighted by molar-refractivity contribution is 0.108. The van der Waals surface area contributed by atoms with Crippen molar-refractivity contribution in [1.82, 2.24) is 10.6 Å². The fourth-order valence-corrected chi connectivity index (χ4v) is 2.18. The summed E-state index contributed by atoms with van der Waals surface area (Å²) in [6.07, 6.45) is 2.93. The van der Waals surface area contributed by atoms with Gasteiger partial charge < -0.3 is 20.5 Å². The predicted molar refractivity (Wildman–Crippen MR) is 116 cm³/mol. The minimum Gasteiger partial charge on any atom is -0.508 e. The summed E-state index contributed by atoms with van der Waals surface area (Å²) >= 11 is 0. The van der Waals surface area contributed by atoms with Crippen LogP contribution in [0.15, 0.2) is 29.3 Å². The first-order valence-corrected chi connectivity index (χ1v) is 8.99. The Morgan fingerprint density at radius 3 is 2.52 bits per heavy atom. The standard InChI is InChI=1S/C19H33N3O2.HI/c1-4-20-19(22-13-6-14-24-15-16(2)3)21-12-5-7-17-8-10-18(23)11-9-17;/h8-11,16,23H,4-7,12-15H2,1-3H3,(H2,20,21,22);1H. The summed E-state index contributed by atoms with van der Waals surface area (Å²) in [5.74, 6) is 1.77. The number of nitrogens with zero attached hydrogens (tertiary/aromatic N) is 1. The van der Waals surface area contributed by atoms with Crippen molar-refractivity contribution in [2.75, 3.05) is 32.8 Å². The van der Waals surface area contributed by atoms with Gasteiger partial charge in [0.15, 0.2) is 5.96 Å². The lowest BCUT2D eigenvalue weighted by Crippen LogP contribution is -2.38. The van der Waals surface area contributed by atoms with Gasteiger partial charge in [0.2, 0.25) is 0 Å². The summed E-state index contributed by atoms with van der Waals surface area (Å²) in [6, 6.07) is 7.37. The van der Waals surface area contributed by atoms with E-state index in [2.05, 4.69) is 36.4 Å². The van der Waals surface area contributed by atoms with Gasteiger partial charge in [0.05, 0.1) is 0 Å². The number of aliphatic imine (C=N–C) groups is 1. The number of halogens is 1. The summed E-state index contributed by atoms with van der Waals surface area (Å²) in [4.78, 5) is 4.60. The molecule has 1 aromatic rings. The van der Waals surface area contributed by atoms with Gasteiger partial charge >= 0.3 is 0 Å². The van der Waals surface area contributed by atoms with E-state index < -0.39 is 0 Å². The van der Waals surface area contributed by atoms with Crippen LogP contribution in [0.1, 0.15) is 39.2 Å². The van der Waals surface area contributed by atoms with Crippen molar-refractivity contribution in [3.05, 3.63) is 29.8 Å². The van der Waals surface area contributed by atoms with E-state index in [1.165, 1.54) is 5.56 Å². The van der Waals surface area contributed by atoms with Gasteiger partial charge in [-0.05, 0) is 49.8 Å². The number of guanidine groups is 1. The molecule has 0 aliphatic heterocycles. The molecule has 0 spiro atoms. The van der Waals surface area contributed by atoms with Crippen LogP contribution in [0, 0.1) is 5.92 Å². The van der Waals surface area contributed by atoms with E-state index in [0.717, 1.165) is 58.1 Å². The summed E-state index contributed by atoms with van der Waals surface area (Å²) in [5, 5.41) is 15.9. The minimum atomic E-state index is 0. The van der Waals surface area contributed by atoms with E-state index in [9.17, 15) is 5.11 Å². The van der Waals surface area contributed by atoms with E-state index in [1.807, 2.05) is 12.1 Å². The maximum atomic E-state index is 9.28. The van der Waals surface area contributed by atoms with Crippen LogP contribution in [0.5, 0.6) is 5.75 Å². The second-order valence-electron chi connectivity index (χ2n) is 6.28. The molecule has 5 nitrogen and oxygen atoms in total. The molecule has 0 saturated heterocycles. The molecule has 0 amide bonds. The van der Waals surface area contributed by atoms with Crippen molar-refractivity contribution in [3.8, 4) is 5.75 Å². The maximum absolute atomic E-state index is 9.28. The predicted octanol–water partition coefficient (Wildman–Crippen LogP) is 3.56. The van der Waals surface area contributed by atoms with Gasteiger partial charge in [-0.3, -0.25) is 4.99 Å². The third-order valence-electron chi connectivity index (χ3n) is 3.38. The van der Waals surface area contributed by atoms with E-state index in [1.54, 1.807) is 12.1 Å². The van der Waals surface area contributed by atoms with Crippen LogP contribution in [0.3, 0.4) is 0 Å². The molecule has 25 heavy (non-hydrogen) atoms. The molecular weight excluding hydrogens is 429 g/mol. The second-order valence-corrected chi connectivity index (χ2v) is 6.28. The highest BCUT2D eigenvalue weighted by Gasteiger charge is 1.98. The Kier molecular flexibility index (Phi) is 14.6. The Morgan fingerprint density at radius 1 is 1.16 bits per heavy atom. The Bertz CT molecular complexity index is 464. The third-order valence-corrected chi connectivity index (χ3v) is 3.38. The van der Waals surface area contributed by atoms with Crippen molar-refractivity contribution in [2.24, 2.45) is 10.9 Å². The fourth-order valence-electron chi connectivity index (χ4n) is 2.18. The summed E-state index contributed by atoms with van der Waals surface area (Å²) < 4.78 is 5.57. The van der Waals surface area contributed by atoms with Gasteiger partial charge in [-0.25, -0.2) is 0 Å². The van der Waals surface area contributed by atoms with Crippen LogP contribution < -0.4 is 10.6 Å². The first kappa shape index (κ1) is 24.0. The van der Waals surface area contributed by atoms with Crippen LogP contribution in [-0.2, 0) is 11.2 Å². The number of ether oxygens (including phenoxy) is 1. The van der Waals surface area contributed by atoms with E-state index in [0.29, 0.717) is 11.7 Å². The number of nitrogens with one attached hydrogen (secondary N) is 2. The van der Waals surface area contributed by atoms with Crippen LogP contribution in [0.4, 0.5) is 0 Å². The molecule has 3 N–H and O–H groups in total. The number of hydrogen-bond acceptors (Lipinski definition) is 3. The van der Waals surface area contributed by atoms with Gasteiger partial charge in [-0.2, -0.15) is 0 Å². The lowest BCUT2D eigenvalue weighted by atomic mass is 10.1. The number of benzene rings is 1. The molecule has 1 aromatic carbocycles. The Hall–Kier alpha value is -1.02. The zero-order valence-electron chi connectivity index (χ0n) is 15.8. The number of aryl methyl sites for hydroxylation is 1. The number of phenols is 1. The minimum absolute atomic E-state index is 0. The van der Waals surface area contributed by atoms with Crippen LogP contribution in [0.25, 0.3) is 0 Å². The van der Waals surface area contributed by atoms with Gasteiger partial charge in [-0.1, -0.05) is 26.0 Å². The van der Waals surface area contributed by atoms with Crippen LogP contribution in [0.2, 0.25) is 0 Å². The number of phenolic OH excluding ortho intramolecular Hbond substituents is 1. The molecule has 0 heterocycles. The number of hydrogen-bond donors (Lipinski definition) is 3. The third kappa shape index (κ3) is 12.9. The molecular formula is C19H34IN3O2. The van der Waals surface area contributed by atoms with E-state index in [4.69, 9.17) is 4.74 Å². The average Bonchev–Trinajstić information content (AvgIpc) is 2.56. The molecule has 0 aromatic heterocycles. The topological polar surface area (TPSA) is 65.9 Å². The molecule has 1 rings (SSSR count). The van der Waals surface area contributed by atoms with E-state index >= 15 is 0 Å². The van der Waals surface area contributed by atoms with Crippen molar-refractivity contribution < 1.29 is 9.84 Å². The highest BCUT2D eigenvalue weighted by atomic mass is 127. The first-order valence-electron chi connectivity index (χ1n) is 8.99. The molecule has 0 aliphatic carbocycles. The van der Waals surface area contributed by atoms with Crippen molar-refractivity contribution >= 4 is 29.9 Å². The van der Waals surface area contributed by atoms with Gasteiger partial charge in [0.1, 0.15) is 5.75 Å². The first-order chi connectivity index (χ1) is 11.6. The van der Waals surface area contributed by atoms with Crippen molar-refractivity contribution in [1.29, 1.82) is 0 Å². The Balaban J connectivity index is 0.00000576. The summed E-state index contributed by atoms with van der Waals surface area (Å²) in [6.45, 7) is 10.5. The average molecular weight is 463 g/mol. The molecule has 144 valence electrons. The Labute approximate surface area is 169 Å². The van der Waals surface area contributed by atoms with Crippen molar-refractivity contribution in [3.63, 3.8) is 0 Å². The van der Waals surface area contributed by atoms with Gasteiger partial charge in [0.25, 0.3) is 0 Å². The summed E-state index contributed by atoms with van der Waals surface area (Å²) in [5.41, 5.74) is 1.23. The molecule has 0 bridgehead atoms. The number of aromatic hydroxyl groups is 1. The molecule has 0 fully saturated rings. The Morgan fingerprint density at radius 2 is 1.88 bits per heavy atom. The molecule has 0 atom stereocenters. The molecule has 6 heteroatoms. The maximum Gasteiger partial charge on any atom is 0.191 e. The largest absolute Gasteiger partial charge is 0.508 e. The van der Waals surface area contributed by atoms with Crippen LogP contribution in [-0.4, -0.2) is 43.9 Å². The van der Waals surface area contributed by atoms with E-state index in [-0.39, 0.29) is 24.0 Å². The monoisotopic (exact) mass is 463 g/mol. The van der Waals surface area contributed by atoms with Crippen molar-refractivity contribution in [2.45, 2.75) is 40.0 Å². The number of rotatable bonds is 11. The smallest absolute Gasteiger partial charge is 0.191 e. The zero-order valence-corrected chi connectivity index (χ0v) is 18.1. The zero-order chi connectivity index (χ0) is 17.6. The lowest BCUT2D eigenvalue weighted by Gasteiger charge is -2.12.